The number of carbonyl (C=O) groups excluding carboxylic acids is 2. The van der Waals surface area contributed by atoms with Gasteiger partial charge in [-0.15, -0.1) is 0 Å². The van der Waals surface area contributed by atoms with Crippen LogP contribution in [0.5, 0.6) is 0 Å². The van der Waals surface area contributed by atoms with Crippen LogP contribution >= 0.6 is 0 Å². The van der Waals surface area contributed by atoms with E-state index in [0.717, 1.165) is 11.1 Å². The van der Waals surface area contributed by atoms with Gasteiger partial charge in [0.15, 0.2) is 6.10 Å². The Labute approximate surface area is 146 Å². The van der Waals surface area contributed by atoms with E-state index in [4.69, 9.17) is 4.74 Å². The maximum Gasteiger partial charge on any atom is 0.331 e. The van der Waals surface area contributed by atoms with E-state index >= 15 is 0 Å². The third kappa shape index (κ3) is 6.59. The van der Waals surface area contributed by atoms with E-state index in [1.165, 1.54) is 25.1 Å². The second kappa shape index (κ2) is 9.37. The number of hydrogen-bond donors (Lipinski definition) is 1. The lowest BCUT2D eigenvalue weighted by atomic mass is 10.1. The van der Waals surface area contributed by atoms with Gasteiger partial charge in [0.2, 0.25) is 0 Å². The second-order valence-electron chi connectivity index (χ2n) is 5.49. The molecule has 1 amide bonds. The largest absolute Gasteiger partial charge is 0.449 e. The lowest BCUT2D eigenvalue weighted by molar-refractivity contribution is -0.150. The molecule has 130 valence electrons. The fourth-order valence-corrected chi connectivity index (χ4v) is 2.12. The van der Waals surface area contributed by atoms with Gasteiger partial charge in [-0.25, -0.2) is 9.18 Å². The summed E-state index contributed by atoms with van der Waals surface area (Å²) in [6.07, 6.45) is 2.60. The minimum atomic E-state index is -0.888. The van der Waals surface area contributed by atoms with E-state index in [1.807, 2.05) is 30.3 Å². The molecule has 1 N–H and O–H groups in total. The standard InChI is InChI=1S/C20H20FNO3/c1-15(25-19(23)12-9-16-5-3-2-4-6-16)20(24)22-14-13-17-7-10-18(21)11-8-17/h2-12,15H,13-14H2,1H3,(H,22,24)/b12-9+/t15-/m1/s1. The van der Waals surface area contributed by atoms with Gasteiger partial charge in [-0.1, -0.05) is 42.5 Å². The van der Waals surface area contributed by atoms with Gasteiger partial charge in [0.05, 0.1) is 0 Å². The molecule has 0 heterocycles. The minimum Gasteiger partial charge on any atom is -0.449 e. The van der Waals surface area contributed by atoms with E-state index in [2.05, 4.69) is 5.32 Å². The minimum absolute atomic E-state index is 0.295. The van der Waals surface area contributed by atoms with E-state index in [-0.39, 0.29) is 11.7 Å². The highest BCUT2D eigenvalue weighted by Crippen LogP contribution is 2.04. The van der Waals surface area contributed by atoms with E-state index in [1.54, 1.807) is 18.2 Å². The summed E-state index contributed by atoms with van der Waals surface area (Å²) in [5.74, 6) is -1.24. The summed E-state index contributed by atoms with van der Waals surface area (Å²) >= 11 is 0. The van der Waals surface area contributed by atoms with Crippen molar-refractivity contribution in [3.05, 3.63) is 77.6 Å². The zero-order valence-electron chi connectivity index (χ0n) is 13.9. The molecular formula is C20H20FNO3. The Morgan fingerprint density at radius 1 is 1.12 bits per heavy atom. The first-order valence-corrected chi connectivity index (χ1v) is 8.00. The Hall–Kier alpha value is -2.95. The maximum atomic E-state index is 12.8. The SMILES string of the molecule is C[C@@H](OC(=O)/C=C/c1ccccc1)C(=O)NCCc1ccc(F)cc1. The van der Waals surface area contributed by atoms with Crippen molar-refractivity contribution in [2.75, 3.05) is 6.54 Å². The quantitative estimate of drug-likeness (QED) is 0.622. The highest BCUT2D eigenvalue weighted by molar-refractivity contribution is 5.90. The third-order valence-electron chi connectivity index (χ3n) is 3.50. The molecule has 0 radical (unpaired) electrons. The molecule has 0 bridgehead atoms. The molecule has 25 heavy (non-hydrogen) atoms. The lowest BCUT2D eigenvalue weighted by Gasteiger charge is -2.12. The number of esters is 1. The fourth-order valence-electron chi connectivity index (χ4n) is 2.12. The van der Waals surface area contributed by atoms with Crippen molar-refractivity contribution in [2.45, 2.75) is 19.4 Å². The molecule has 0 saturated heterocycles. The summed E-state index contributed by atoms with van der Waals surface area (Å²) in [5, 5.41) is 2.69. The Kier molecular flexibility index (Phi) is 6.89. The molecule has 1 atom stereocenters. The first-order valence-electron chi connectivity index (χ1n) is 8.00. The van der Waals surface area contributed by atoms with Crippen molar-refractivity contribution < 1.29 is 18.7 Å². The van der Waals surface area contributed by atoms with Gasteiger partial charge in [-0.3, -0.25) is 4.79 Å². The molecule has 2 rings (SSSR count). The Bertz CT molecular complexity index is 726. The number of benzene rings is 2. The summed E-state index contributed by atoms with van der Waals surface area (Å²) < 4.78 is 17.9. The van der Waals surface area contributed by atoms with Crippen molar-refractivity contribution in [3.8, 4) is 0 Å². The zero-order valence-corrected chi connectivity index (χ0v) is 13.9. The number of amides is 1. The predicted octanol–water partition coefficient (Wildman–Crippen LogP) is 3.13. The van der Waals surface area contributed by atoms with Crippen molar-refractivity contribution in [2.24, 2.45) is 0 Å². The first-order chi connectivity index (χ1) is 12.0. The summed E-state index contributed by atoms with van der Waals surface area (Å²) in [6.45, 7) is 1.90. The number of ether oxygens (including phenoxy) is 1. The molecule has 0 spiro atoms. The highest BCUT2D eigenvalue weighted by atomic mass is 19.1. The third-order valence-corrected chi connectivity index (χ3v) is 3.50. The average Bonchev–Trinajstić information content (AvgIpc) is 2.62. The van der Waals surface area contributed by atoms with Crippen LogP contribution in [-0.2, 0) is 20.7 Å². The van der Waals surface area contributed by atoms with Crippen LogP contribution < -0.4 is 5.32 Å². The van der Waals surface area contributed by atoms with Crippen LogP contribution in [0.25, 0.3) is 6.08 Å². The molecule has 0 saturated carbocycles. The van der Waals surface area contributed by atoms with Gasteiger partial charge in [-0.2, -0.15) is 0 Å². The monoisotopic (exact) mass is 341 g/mol. The van der Waals surface area contributed by atoms with E-state index in [0.29, 0.717) is 13.0 Å². The molecule has 5 heteroatoms. The topological polar surface area (TPSA) is 55.4 Å². The van der Waals surface area contributed by atoms with Gasteiger partial charge in [-0.05, 0) is 42.7 Å². The summed E-state index contributed by atoms with van der Waals surface area (Å²) in [5.41, 5.74) is 1.79. The molecular weight excluding hydrogens is 321 g/mol. The smallest absolute Gasteiger partial charge is 0.331 e. The van der Waals surface area contributed by atoms with Crippen molar-refractivity contribution >= 4 is 18.0 Å². The van der Waals surface area contributed by atoms with Gasteiger partial charge >= 0.3 is 5.97 Å². The summed E-state index contributed by atoms with van der Waals surface area (Å²) in [6, 6.07) is 15.4. The van der Waals surface area contributed by atoms with Crippen LogP contribution in [0.4, 0.5) is 4.39 Å². The van der Waals surface area contributed by atoms with Crippen LogP contribution in [0.15, 0.2) is 60.7 Å². The molecule has 2 aromatic rings. The number of halogens is 1. The summed E-state index contributed by atoms with van der Waals surface area (Å²) in [4.78, 5) is 23.7. The second-order valence-corrected chi connectivity index (χ2v) is 5.49. The Balaban J connectivity index is 1.73. The van der Waals surface area contributed by atoms with Gasteiger partial charge in [0, 0.05) is 12.6 Å². The number of hydrogen-bond acceptors (Lipinski definition) is 3. The molecule has 2 aromatic carbocycles. The molecule has 0 aliphatic carbocycles. The van der Waals surface area contributed by atoms with Crippen molar-refractivity contribution in [3.63, 3.8) is 0 Å². The number of nitrogens with one attached hydrogen (secondary N) is 1. The lowest BCUT2D eigenvalue weighted by Crippen LogP contribution is -2.36. The van der Waals surface area contributed by atoms with Crippen LogP contribution in [0.3, 0.4) is 0 Å². The van der Waals surface area contributed by atoms with E-state index < -0.39 is 12.1 Å². The molecule has 4 nitrogen and oxygen atoms in total. The van der Waals surface area contributed by atoms with Crippen LogP contribution in [-0.4, -0.2) is 24.5 Å². The molecule has 0 aliphatic rings. The van der Waals surface area contributed by atoms with Crippen LogP contribution in [0, 0.1) is 5.82 Å². The van der Waals surface area contributed by atoms with Gasteiger partial charge in [0.25, 0.3) is 5.91 Å². The van der Waals surface area contributed by atoms with Crippen molar-refractivity contribution in [1.82, 2.24) is 5.32 Å². The molecule has 0 aromatic heterocycles. The van der Waals surface area contributed by atoms with Gasteiger partial charge in [0.1, 0.15) is 5.82 Å². The summed E-state index contributed by atoms with van der Waals surface area (Å²) in [7, 11) is 0. The highest BCUT2D eigenvalue weighted by Gasteiger charge is 2.15. The van der Waals surface area contributed by atoms with E-state index in [9.17, 15) is 14.0 Å². The normalized spacial score (nSPS) is 11.9. The fraction of sp³-hybridized carbons (Fsp3) is 0.200. The van der Waals surface area contributed by atoms with Gasteiger partial charge < -0.3 is 10.1 Å². The predicted molar refractivity (Wildman–Crippen MR) is 94.1 cm³/mol. The number of rotatable bonds is 7. The number of carbonyl (C=O) groups is 2. The Morgan fingerprint density at radius 3 is 2.48 bits per heavy atom. The molecule has 0 fully saturated rings. The first kappa shape index (κ1) is 18.4. The van der Waals surface area contributed by atoms with Crippen molar-refractivity contribution in [1.29, 1.82) is 0 Å². The van der Waals surface area contributed by atoms with Crippen LogP contribution in [0.2, 0.25) is 0 Å². The maximum absolute atomic E-state index is 12.8. The molecule has 0 aliphatic heterocycles. The molecule has 0 unspecified atom stereocenters. The average molecular weight is 341 g/mol. The van der Waals surface area contributed by atoms with Crippen LogP contribution in [0.1, 0.15) is 18.1 Å². The zero-order chi connectivity index (χ0) is 18.1. The Morgan fingerprint density at radius 2 is 1.80 bits per heavy atom.